The van der Waals surface area contributed by atoms with E-state index in [0.29, 0.717) is 5.92 Å². The number of hydrogen-bond acceptors (Lipinski definition) is 3. The van der Waals surface area contributed by atoms with Crippen LogP contribution in [-0.4, -0.2) is 18.1 Å². The summed E-state index contributed by atoms with van der Waals surface area (Å²) in [5, 5.41) is 3.32. The molecule has 0 saturated carbocycles. The van der Waals surface area contributed by atoms with Crippen molar-refractivity contribution in [2.24, 2.45) is 0 Å². The molecule has 0 spiro atoms. The lowest BCUT2D eigenvalue weighted by molar-refractivity contribution is 0.467. The molecule has 1 atom stereocenters. The van der Waals surface area contributed by atoms with Crippen molar-refractivity contribution >= 4 is 15.9 Å². The van der Waals surface area contributed by atoms with Gasteiger partial charge in [0.1, 0.15) is 0 Å². The van der Waals surface area contributed by atoms with E-state index in [0.717, 1.165) is 41.2 Å². The molecule has 1 aromatic heterocycles. The van der Waals surface area contributed by atoms with Crippen LogP contribution in [0.5, 0.6) is 0 Å². The topological polar surface area (TPSA) is 38.1 Å². The largest absolute Gasteiger partial charge is 0.440 e. The van der Waals surface area contributed by atoms with Crippen molar-refractivity contribution in [1.29, 1.82) is 0 Å². The molecule has 1 fully saturated rings. The predicted molar refractivity (Wildman–Crippen MR) is 69.9 cm³/mol. The van der Waals surface area contributed by atoms with Gasteiger partial charge in [0.25, 0.3) is 0 Å². The van der Waals surface area contributed by atoms with E-state index < -0.39 is 0 Å². The van der Waals surface area contributed by atoms with Gasteiger partial charge in [-0.1, -0.05) is 28.1 Å². The number of halogens is 1. The number of nitrogens with zero attached hydrogens (tertiary/aromatic N) is 1. The van der Waals surface area contributed by atoms with E-state index in [-0.39, 0.29) is 0 Å². The van der Waals surface area contributed by atoms with E-state index in [1.807, 2.05) is 30.5 Å². The molecule has 0 bridgehead atoms. The zero-order valence-electron chi connectivity index (χ0n) is 9.32. The number of nitrogens with one attached hydrogen (secondary N) is 1. The lowest BCUT2D eigenvalue weighted by Gasteiger charge is -2.01. The molecule has 17 heavy (non-hydrogen) atoms. The number of hydrogen-bond donors (Lipinski definition) is 1. The minimum absolute atomic E-state index is 0.430. The van der Waals surface area contributed by atoms with Crippen LogP contribution < -0.4 is 5.32 Å². The van der Waals surface area contributed by atoms with Gasteiger partial charge in [-0.3, -0.25) is 0 Å². The normalized spacial score (nSPS) is 19.7. The SMILES string of the molecule is Brc1ccc(-c2cnc(C3CCNC3)o2)cc1. The Morgan fingerprint density at radius 3 is 2.82 bits per heavy atom. The minimum atomic E-state index is 0.430. The van der Waals surface area contributed by atoms with Crippen molar-refractivity contribution in [3.05, 3.63) is 40.8 Å². The summed E-state index contributed by atoms with van der Waals surface area (Å²) in [5.74, 6) is 2.13. The molecule has 2 heterocycles. The third-order valence-corrected chi connectivity index (χ3v) is 3.59. The fraction of sp³-hybridized carbons (Fsp3) is 0.308. The van der Waals surface area contributed by atoms with E-state index in [1.165, 1.54) is 0 Å². The Morgan fingerprint density at radius 1 is 1.29 bits per heavy atom. The van der Waals surface area contributed by atoms with Crippen LogP contribution in [0.3, 0.4) is 0 Å². The van der Waals surface area contributed by atoms with Crippen LogP contribution in [0.2, 0.25) is 0 Å². The summed E-state index contributed by atoms with van der Waals surface area (Å²) in [6.07, 6.45) is 2.93. The molecule has 1 unspecified atom stereocenters. The summed E-state index contributed by atoms with van der Waals surface area (Å²) < 4.78 is 6.90. The summed E-state index contributed by atoms with van der Waals surface area (Å²) in [6, 6.07) is 8.08. The van der Waals surface area contributed by atoms with Gasteiger partial charge >= 0.3 is 0 Å². The third-order valence-electron chi connectivity index (χ3n) is 3.06. The van der Waals surface area contributed by atoms with E-state index in [2.05, 4.69) is 26.2 Å². The monoisotopic (exact) mass is 292 g/mol. The maximum atomic E-state index is 5.83. The maximum Gasteiger partial charge on any atom is 0.199 e. The molecule has 0 aliphatic carbocycles. The number of rotatable bonds is 2. The maximum absolute atomic E-state index is 5.83. The second kappa shape index (κ2) is 4.63. The zero-order chi connectivity index (χ0) is 11.7. The summed E-state index contributed by atoms with van der Waals surface area (Å²) in [4.78, 5) is 4.38. The summed E-state index contributed by atoms with van der Waals surface area (Å²) in [5.41, 5.74) is 1.07. The predicted octanol–water partition coefficient (Wildman–Crippen LogP) is 3.18. The molecule has 88 valence electrons. The van der Waals surface area contributed by atoms with Gasteiger partial charge in [-0.2, -0.15) is 0 Å². The summed E-state index contributed by atoms with van der Waals surface area (Å²) in [6.45, 7) is 2.03. The molecule has 1 aromatic carbocycles. The first kappa shape index (κ1) is 11.0. The van der Waals surface area contributed by atoms with Crippen LogP contribution >= 0.6 is 15.9 Å². The Balaban J connectivity index is 1.86. The van der Waals surface area contributed by atoms with Crippen LogP contribution in [0.1, 0.15) is 18.2 Å². The summed E-state index contributed by atoms with van der Waals surface area (Å²) in [7, 11) is 0. The molecule has 3 rings (SSSR count). The Bertz CT molecular complexity index is 500. The van der Waals surface area contributed by atoms with Gasteiger partial charge in [-0.05, 0) is 25.1 Å². The van der Waals surface area contributed by atoms with Crippen LogP contribution in [0.15, 0.2) is 39.4 Å². The van der Waals surface area contributed by atoms with Gasteiger partial charge in [-0.15, -0.1) is 0 Å². The molecule has 1 aliphatic rings. The van der Waals surface area contributed by atoms with Crippen molar-refractivity contribution < 1.29 is 4.42 Å². The first-order valence-electron chi connectivity index (χ1n) is 5.75. The first-order chi connectivity index (χ1) is 8.33. The zero-order valence-corrected chi connectivity index (χ0v) is 10.9. The fourth-order valence-corrected chi connectivity index (χ4v) is 2.35. The Morgan fingerprint density at radius 2 is 2.12 bits per heavy atom. The van der Waals surface area contributed by atoms with Gasteiger partial charge in [-0.25, -0.2) is 4.98 Å². The van der Waals surface area contributed by atoms with Crippen LogP contribution in [0, 0.1) is 0 Å². The molecule has 0 radical (unpaired) electrons. The van der Waals surface area contributed by atoms with E-state index in [9.17, 15) is 0 Å². The molecule has 3 nitrogen and oxygen atoms in total. The minimum Gasteiger partial charge on any atom is -0.440 e. The van der Waals surface area contributed by atoms with Crippen LogP contribution in [0.4, 0.5) is 0 Å². The molecule has 0 amide bonds. The highest BCUT2D eigenvalue weighted by atomic mass is 79.9. The van der Waals surface area contributed by atoms with E-state index >= 15 is 0 Å². The van der Waals surface area contributed by atoms with Crippen molar-refractivity contribution in [3.63, 3.8) is 0 Å². The molecule has 1 saturated heterocycles. The van der Waals surface area contributed by atoms with Gasteiger partial charge in [0.2, 0.25) is 0 Å². The molecule has 2 aromatic rings. The molecular weight excluding hydrogens is 280 g/mol. The average Bonchev–Trinajstić information content (AvgIpc) is 3.00. The Kier molecular flexibility index (Phi) is 2.99. The third kappa shape index (κ3) is 2.28. The van der Waals surface area contributed by atoms with Crippen molar-refractivity contribution in [2.45, 2.75) is 12.3 Å². The number of benzene rings is 1. The highest BCUT2D eigenvalue weighted by Crippen LogP contribution is 2.27. The van der Waals surface area contributed by atoms with Gasteiger partial charge in [0.15, 0.2) is 11.7 Å². The number of aromatic nitrogens is 1. The molecular formula is C13H13BrN2O. The quantitative estimate of drug-likeness (QED) is 0.924. The van der Waals surface area contributed by atoms with Crippen molar-refractivity contribution in [1.82, 2.24) is 10.3 Å². The lowest BCUT2D eigenvalue weighted by Crippen LogP contribution is -2.07. The van der Waals surface area contributed by atoms with Gasteiger partial charge in [0.05, 0.1) is 6.20 Å². The van der Waals surface area contributed by atoms with Crippen molar-refractivity contribution in [3.8, 4) is 11.3 Å². The van der Waals surface area contributed by atoms with Gasteiger partial charge in [0, 0.05) is 22.5 Å². The Labute approximate surface area is 108 Å². The second-order valence-corrected chi connectivity index (χ2v) is 5.18. The standard InChI is InChI=1S/C13H13BrN2O/c14-11-3-1-9(2-4-11)12-8-16-13(17-12)10-5-6-15-7-10/h1-4,8,10,15H,5-7H2. The number of oxazole rings is 1. The fourth-order valence-electron chi connectivity index (χ4n) is 2.09. The molecule has 4 heteroatoms. The molecule has 1 N–H and O–H groups in total. The van der Waals surface area contributed by atoms with E-state index in [1.54, 1.807) is 0 Å². The highest BCUT2D eigenvalue weighted by molar-refractivity contribution is 9.10. The average molecular weight is 293 g/mol. The first-order valence-corrected chi connectivity index (χ1v) is 6.54. The van der Waals surface area contributed by atoms with Crippen molar-refractivity contribution in [2.75, 3.05) is 13.1 Å². The highest BCUT2D eigenvalue weighted by Gasteiger charge is 2.21. The smallest absolute Gasteiger partial charge is 0.199 e. The van der Waals surface area contributed by atoms with Gasteiger partial charge < -0.3 is 9.73 Å². The molecule has 1 aliphatic heterocycles. The lowest BCUT2D eigenvalue weighted by atomic mass is 10.1. The van der Waals surface area contributed by atoms with Crippen LogP contribution in [0.25, 0.3) is 11.3 Å². The second-order valence-electron chi connectivity index (χ2n) is 4.26. The van der Waals surface area contributed by atoms with Crippen LogP contribution in [-0.2, 0) is 0 Å². The summed E-state index contributed by atoms with van der Waals surface area (Å²) >= 11 is 3.42. The van der Waals surface area contributed by atoms with E-state index in [4.69, 9.17) is 4.42 Å². The Hall–Kier alpha value is -1.13.